The number of furan rings is 1. The molecule has 0 N–H and O–H groups in total. The second-order valence-electron chi connectivity index (χ2n) is 6.44. The van der Waals surface area contributed by atoms with E-state index in [9.17, 15) is 14.9 Å². The van der Waals surface area contributed by atoms with Gasteiger partial charge in [-0.15, -0.1) is 0 Å². The topological polar surface area (TPSA) is 85.8 Å². The van der Waals surface area contributed by atoms with Crippen molar-refractivity contribution in [2.45, 2.75) is 6.42 Å². The van der Waals surface area contributed by atoms with Gasteiger partial charge < -0.3 is 14.1 Å². The molecule has 0 saturated carbocycles. The molecule has 2 aromatic carbocycles. The number of carbonyl (C=O) groups is 1. The lowest BCUT2D eigenvalue weighted by atomic mass is 10.0. The molecule has 0 fully saturated rings. The number of hydrogen-bond donors (Lipinski definition) is 0. The minimum Gasteiger partial charge on any atom is -0.464 e. The van der Waals surface area contributed by atoms with Crippen LogP contribution < -0.4 is 0 Å². The van der Waals surface area contributed by atoms with Gasteiger partial charge in [-0.25, -0.2) is 0 Å². The number of nitrogens with zero attached hydrogens (tertiary/aromatic N) is 2. The normalized spacial score (nSPS) is 11.1. The highest BCUT2D eigenvalue weighted by molar-refractivity contribution is 5.99. The first kappa shape index (κ1) is 18.6. The molecule has 27 heavy (non-hydrogen) atoms. The first-order chi connectivity index (χ1) is 13.0. The number of benzene rings is 2. The number of carbonyl (C=O) groups excluding carboxylic acids is 1. The molecule has 0 unspecified atom stereocenters. The van der Waals surface area contributed by atoms with Gasteiger partial charge in [-0.3, -0.25) is 14.9 Å². The largest absolute Gasteiger partial charge is 0.464 e. The average Bonchev–Trinajstić information content (AvgIpc) is 3.01. The second-order valence-corrected chi connectivity index (χ2v) is 6.44. The summed E-state index contributed by atoms with van der Waals surface area (Å²) in [5, 5.41) is 12.0. The van der Waals surface area contributed by atoms with E-state index in [0.29, 0.717) is 40.8 Å². The number of likely N-dealkylation sites (N-methyl/N-ethyl adjacent to an activating group) is 1. The summed E-state index contributed by atoms with van der Waals surface area (Å²) in [5.41, 5.74) is 2.22. The molecule has 3 rings (SSSR count). The van der Waals surface area contributed by atoms with E-state index in [1.54, 1.807) is 30.3 Å². The van der Waals surface area contributed by atoms with Gasteiger partial charge in [0.2, 0.25) is 0 Å². The number of nitro groups is 1. The number of ether oxygens (including phenoxy) is 1. The Morgan fingerprint density at radius 2 is 1.93 bits per heavy atom. The molecule has 0 radical (unpaired) electrons. The molecule has 140 valence electrons. The standard InChI is InChI=1S/C20H20N2O5/c1-21(2)10-11-26-18(23)13-14-8-9-17-16(12-14)19(20(27-17)22(24)25)15-6-4-3-5-7-15/h3-9,12H,10-11,13H2,1-2H3. The highest BCUT2D eigenvalue weighted by Gasteiger charge is 2.25. The van der Waals surface area contributed by atoms with Gasteiger partial charge in [0.05, 0.1) is 6.42 Å². The monoisotopic (exact) mass is 368 g/mol. The summed E-state index contributed by atoms with van der Waals surface area (Å²) in [6.45, 7) is 0.970. The van der Waals surface area contributed by atoms with Crippen molar-refractivity contribution < 1.29 is 18.9 Å². The highest BCUT2D eigenvalue weighted by atomic mass is 16.6. The summed E-state index contributed by atoms with van der Waals surface area (Å²) >= 11 is 0. The van der Waals surface area contributed by atoms with Crippen LogP contribution in [0.15, 0.2) is 52.9 Å². The van der Waals surface area contributed by atoms with Crippen molar-refractivity contribution in [3.05, 3.63) is 64.2 Å². The maximum absolute atomic E-state index is 12.0. The van der Waals surface area contributed by atoms with Crippen LogP contribution in [0, 0.1) is 10.1 Å². The van der Waals surface area contributed by atoms with Gasteiger partial charge in [0.25, 0.3) is 0 Å². The molecule has 0 spiro atoms. The number of fused-ring (bicyclic) bond motifs is 1. The third-order valence-electron chi connectivity index (χ3n) is 4.11. The van der Waals surface area contributed by atoms with E-state index < -0.39 is 4.92 Å². The van der Waals surface area contributed by atoms with Crippen LogP contribution in [0.25, 0.3) is 22.1 Å². The van der Waals surface area contributed by atoms with Crippen LogP contribution in [0.2, 0.25) is 0 Å². The van der Waals surface area contributed by atoms with Crippen molar-refractivity contribution >= 4 is 22.8 Å². The number of rotatable bonds is 7. The molecule has 7 heteroatoms. The SMILES string of the molecule is CN(C)CCOC(=O)Cc1ccc2oc([N+](=O)[O-])c(-c3ccccc3)c2c1. The van der Waals surface area contributed by atoms with Gasteiger partial charge in [-0.05, 0) is 37.4 Å². The lowest BCUT2D eigenvalue weighted by molar-refractivity contribution is -0.400. The Hall–Kier alpha value is -3.19. The van der Waals surface area contributed by atoms with E-state index in [1.165, 1.54) is 0 Å². The van der Waals surface area contributed by atoms with Crippen molar-refractivity contribution in [2.75, 3.05) is 27.2 Å². The van der Waals surface area contributed by atoms with Crippen LogP contribution in [0.4, 0.5) is 5.88 Å². The van der Waals surface area contributed by atoms with Crippen LogP contribution in [-0.2, 0) is 16.0 Å². The van der Waals surface area contributed by atoms with Gasteiger partial charge in [-0.1, -0.05) is 36.4 Å². The fourth-order valence-corrected chi connectivity index (χ4v) is 2.81. The molecular weight excluding hydrogens is 348 g/mol. The first-order valence-corrected chi connectivity index (χ1v) is 8.51. The zero-order valence-corrected chi connectivity index (χ0v) is 15.2. The minimum absolute atomic E-state index is 0.0938. The third kappa shape index (κ3) is 4.32. The summed E-state index contributed by atoms with van der Waals surface area (Å²) < 4.78 is 10.7. The van der Waals surface area contributed by atoms with E-state index in [4.69, 9.17) is 9.15 Å². The van der Waals surface area contributed by atoms with Gasteiger partial charge in [-0.2, -0.15) is 0 Å². The maximum atomic E-state index is 12.0. The van der Waals surface area contributed by atoms with Crippen molar-refractivity contribution in [1.29, 1.82) is 0 Å². The molecule has 0 aliphatic carbocycles. The Morgan fingerprint density at radius 1 is 1.19 bits per heavy atom. The summed E-state index contributed by atoms with van der Waals surface area (Å²) in [6.07, 6.45) is 0.0938. The lowest BCUT2D eigenvalue weighted by Crippen LogP contribution is -2.20. The minimum atomic E-state index is -0.530. The van der Waals surface area contributed by atoms with Gasteiger partial charge in [0.15, 0.2) is 0 Å². The fraction of sp³-hybridized carbons (Fsp3) is 0.250. The smallest absolute Gasteiger partial charge is 0.442 e. The Balaban J connectivity index is 1.92. The number of hydrogen-bond acceptors (Lipinski definition) is 6. The second kappa shape index (κ2) is 8.01. The van der Waals surface area contributed by atoms with E-state index in [0.717, 1.165) is 0 Å². The molecule has 0 saturated heterocycles. The molecule has 0 aliphatic rings. The van der Waals surface area contributed by atoms with Crippen LogP contribution in [-0.4, -0.2) is 43.0 Å². The van der Waals surface area contributed by atoms with Crippen molar-refractivity contribution in [3.8, 4) is 11.1 Å². The van der Waals surface area contributed by atoms with Crippen molar-refractivity contribution in [3.63, 3.8) is 0 Å². The van der Waals surface area contributed by atoms with Crippen LogP contribution in [0.5, 0.6) is 0 Å². The van der Waals surface area contributed by atoms with Crippen LogP contribution in [0.3, 0.4) is 0 Å². The Kier molecular flexibility index (Phi) is 5.52. The molecule has 0 amide bonds. The zero-order chi connectivity index (χ0) is 19.4. The predicted molar refractivity (Wildman–Crippen MR) is 102 cm³/mol. The van der Waals surface area contributed by atoms with E-state index in [-0.39, 0.29) is 18.3 Å². The third-order valence-corrected chi connectivity index (χ3v) is 4.11. The Bertz CT molecular complexity index is 963. The first-order valence-electron chi connectivity index (χ1n) is 8.51. The quantitative estimate of drug-likeness (QED) is 0.359. The molecule has 3 aromatic rings. The Labute approximate surface area is 156 Å². The molecule has 1 heterocycles. The summed E-state index contributed by atoms with van der Waals surface area (Å²) in [5.74, 6) is -0.641. The van der Waals surface area contributed by atoms with Gasteiger partial charge in [0.1, 0.15) is 22.7 Å². The molecular formula is C20H20N2O5. The van der Waals surface area contributed by atoms with Gasteiger partial charge >= 0.3 is 11.9 Å². The van der Waals surface area contributed by atoms with Crippen molar-refractivity contribution in [1.82, 2.24) is 4.90 Å². The summed E-state index contributed by atoms with van der Waals surface area (Å²) in [7, 11) is 3.80. The average molecular weight is 368 g/mol. The zero-order valence-electron chi connectivity index (χ0n) is 15.2. The Morgan fingerprint density at radius 3 is 2.59 bits per heavy atom. The predicted octanol–water partition coefficient (Wildman–Crippen LogP) is 3.66. The van der Waals surface area contributed by atoms with E-state index in [2.05, 4.69) is 0 Å². The molecule has 0 aliphatic heterocycles. The summed E-state index contributed by atoms with van der Waals surface area (Å²) in [6, 6.07) is 14.2. The lowest BCUT2D eigenvalue weighted by Gasteiger charge is -2.10. The highest BCUT2D eigenvalue weighted by Crippen LogP contribution is 2.40. The van der Waals surface area contributed by atoms with E-state index >= 15 is 0 Å². The molecule has 7 nitrogen and oxygen atoms in total. The van der Waals surface area contributed by atoms with Gasteiger partial charge in [0, 0.05) is 11.9 Å². The molecule has 0 atom stereocenters. The molecule has 0 bridgehead atoms. The summed E-state index contributed by atoms with van der Waals surface area (Å²) in [4.78, 5) is 24.9. The van der Waals surface area contributed by atoms with Crippen LogP contribution in [0.1, 0.15) is 5.56 Å². The van der Waals surface area contributed by atoms with Crippen molar-refractivity contribution in [2.24, 2.45) is 0 Å². The van der Waals surface area contributed by atoms with E-state index in [1.807, 2.05) is 37.2 Å². The molecule has 1 aromatic heterocycles. The fourth-order valence-electron chi connectivity index (χ4n) is 2.81. The van der Waals surface area contributed by atoms with Crippen LogP contribution >= 0.6 is 0 Å². The number of esters is 1. The maximum Gasteiger partial charge on any atom is 0.442 e.